The van der Waals surface area contributed by atoms with Crippen LogP contribution in [0.5, 0.6) is 0 Å². The molecular formula is C29H28N4O5S3. The van der Waals surface area contributed by atoms with E-state index in [9.17, 15) is 14.4 Å². The number of ether oxygens (including phenoxy) is 2. The lowest BCUT2D eigenvalue weighted by molar-refractivity contribution is -0.153. The Morgan fingerprint density at radius 3 is 2.34 bits per heavy atom. The molecule has 12 heteroatoms. The van der Waals surface area contributed by atoms with Crippen molar-refractivity contribution in [2.24, 2.45) is 0 Å². The molecule has 2 aliphatic rings. The van der Waals surface area contributed by atoms with E-state index in [4.69, 9.17) is 9.47 Å². The van der Waals surface area contributed by atoms with Crippen LogP contribution in [0.4, 0.5) is 4.79 Å². The molecule has 1 aromatic heterocycles. The van der Waals surface area contributed by atoms with Gasteiger partial charge in [0.1, 0.15) is 26.9 Å². The summed E-state index contributed by atoms with van der Waals surface area (Å²) in [5.41, 5.74) is 1.71. The molecule has 3 aromatic rings. The summed E-state index contributed by atoms with van der Waals surface area (Å²) >= 11 is 4.14. The Bertz CT molecular complexity index is 1420. The van der Waals surface area contributed by atoms with Gasteiger partial charge in [-0.25, -0.2) is 9.59 Å². The zero-order valence-electron chi connectivity index (χ0n) is 22.6. The van der Waals surface area contributed by atoms with E-state index in [1.165, 1.54) is 40.0 Å². The number of carbonyl (C=O) groups is 3. The second-order valence-corrected chi connectivity index (χ2v) is 13.3. The third-order valence-corrected chi connectivity index (χ3v) is 8.97. The van der Waals surface area contributed by atoms with Crippen molar-refractivity contribution in [1.29, 1.82) is 0 Å². The highest BCUT2D eigenvalue weighted by Gasteiger charge is 2.54. The number of nitrogens with zero attached hydrogens (tertiary/aromatic N) is 3. The lowest BCUT2D eigenvalue weighted by atomic mass is 10.0. The van der Waals surface area contributed by atoms with Crippen molar-refractivity contribution < 1.29 is 23.9 Å². The predicted molar refractivity (Wildman–Crippen MR) is 159 cm³/mol. The molecule has 0 unspecified atom stereocenters. The molecule has 0 spiro atoms. The summed E-state index contributed by atoms with van der Waals surface area (Å²) < 4.78 is 16.3. The van der Waals surface area contributed by atoms with Gasteiger partial charge in [0.15, 0.2) is 6.10 Å². The maximum Gasteiger partial charge on any atom is 0.408 e. The van der Waals surface area contributed by atoms with Crippen LogP contribution >= 0.6 is 35.1 Å². The first kappa shape index (κ1) is 28.9. The van der Waals surface area contributed by atoms with Crippen molar-refractivity contribution in [2.45, 2.75) is 48.1 Å². The van der Waals surface area contributed by atoms with Gasteiger partial charge in [0.2, 0.25) is 0 Å². The lowest BCUT2D eigenvalue weighted by Crippen LogP contribution is -2.70. The molecule has 1 N–H and O–H groups in total. The summed E-state index contributed by atoms with van der Waals surface area (Å²) in [6, 6.07) is 18.1. The van der Waals surface area contributed by atoms with E-state index in [1.54, 1.807) is 27.0 Å². The molecule has 2 amide bonds. The van der Waals surface area contributed by atoms with Crippen LogP contribution < -0.4 is 5.32 Å². The number of allylic oxidation sites excluding steroid dienone is 1. The highest BCUT2D eigenvalue weighted by Crippen LogP contribution is 2.42. The topological polar surface area (TPSA) is 111 Å². The second kappa shape index (κ2) is 12.5. The predicted octanol–water partition coefficient (Wildman–Crippen LogP) is 5.54. The molecule has 212 valence electrons. The normalized spacial score (nSPS) is 18.7. The molecule has 9 nitrogen and oxygen atoms in total. The van der Waals surface area contributed by atoms with E-state index in [0.717, 1.165) is 15.3 Å². The Labute approximate surface area is 250 Å². The average molecular weight is 609 g/mol. The molecule has 2 aromatic carbocycles. The van der Waals surface area contributed by atoms with E-state index in [1.807, 2.05) is 72.1 Å². The van der Waals surface area contributed by atoms with Gasteiger partial charge in [0, 0.05) is 5.75 Å². The minimum absolute atomic E-state index is 0.164. The number of rotatable bonds is 8. The highest BCUT2D eigenvalue weighted by molar-refractivity contribution is 8.03. The number of fused-ring (bicyclic) bond motifs is 1. The first-order valence-electron chi connectivity index (χ1n) is 12.8. The van der Waals surface area contributed by atoms with Crippen LogP contribution in [0.15, 0.2) is 93.8 Å². The van der Waals surface area contributed by atoms with Crippen LogP contribution in [0.2, 0.25) is 0 Å². The molecule has 0 aliphatic carbocycles. The highest BCUT2D eigenvalue weighted by atomic mass is 32.2. The smallest absolute Gasteiger partial charge is 0.408 e. The van der Waals surface area contributed by atoms with Gasteiger partial charge in [-0.2, -0.15) is 0 Å². The van der Waals surface area contributed by atoms with Crippen molar-refractivity contribution in [3.8, 4) is 0 Å². The Balaban J connectivity index is 1.44. The van der Waals surface area contributed by atoms with Gasteiger partial charge in [0.25, 0.3) is 5.91 Å². The van der Waals surface area contributed by atoms with Crippen LogP contribution in [0.25, 0.3) is 0 Å². The molecule has 1 fully saturated rings. The zero-order valence-corrected chi connectivity index (χ0v) is 25.0. The first-order valence-corrected chi connectivity index (χ1v) is 15.5. The van der Waals surface area contributed by atoms with E-state index >= 15 is 0 Å². The maximum atomic E-state index is 14.0. The summed E-state index contributed by atoms with van der Waals surface area (Å²) in [6.45, 7) is 5.26. The minimum Gasteiger partial charge on any atom is -0.448 e. The van der Waals surface area contributed by atoms with Crippen LogP contribution in [0.1, 0.15) is 38.0 Å². The number of aromatic nitrogens is 2. The number of thioether (sulfide) groups is 2. The third kappa shape index (κ3) is 6.83. The van der Waals surface area contributed by atoms with Crippen LogP contribution in [-0.2, 0) is 19.1 Å². The number of carbonyl (C=O) groups excluding carboxylic acids is 3. The molecule has 0 radical (unpaired) electrons. The SMILES string of the molecule is CC(C)(C)OC(=O)N[C@@H]1C(=O)N2C(C(=O)OC(c3ccccc3)c3ccccc3)=C(/C=C/Sc3cnns3)CS[C@H]12. The summed E-state index contributed by atoms with van der Waals surface area (Å²) in [6.07, 6.45) is 2.11. The lowest BCUT2D eigenvalue weighted by Gasteiger charge is -2.49. The van der Waals surface area contributed by atoms with Crippen molar-refractivity contribution >= 4 is 53.0 Å². The largest absolute Gasteiger partial charge is 0.448 e. The number of β-lactam (4-membered cyclic amide) rings is 1. The summed E-state index contributed by atoms with van der Waals surface area (Å²) in [5, 5.41) is 7.88. The molecular weight excluding hydrogens is 581 g/mol. The van der Waals surface area contributed by atoms with Gasteiger partial charge < -0.3 is 14.8 Å². The number of esters is 1. The fourth-order valence-corrected chi connectivity index (χ4v) is 6.84. The molecule has 2 aliphatic heterocycles. The molecule has 3 heterocycles. The summed E-state index contributed by atoms with van der Waals surface area (Å²) in [5.74, 6) is -0.590. The molecule has 2 atom stereocenters. The molecule has 1 saturated heterocycles. The molecule has 0 bridgehead atoms. The van der Waals surface area contributed by atoms with Crippen LogP contribution in [-0.4, -0.2) is 55.2 Å². The number of benzene rings is 2. The van der Waals surface area contributed by atoms with Crippen molar-refractivity contribution in [2.75, 3.05) is 5.75 Å². The zero-order chi connectivity index (χ0) is 29.0. The van der Waals surface area contributed by atoms with Gasteiger partial charge in [-0.15, -0.1) is 16.9 Å². The van der Waals surface area contributed by atoms with Crippen molar-refractivity contribution in [3.05, 3.63) is 101 Å². The number of hydrogen-bond donors (Lipinski definition) is 1. The number of hydrogen-bond acceptors (Lipinski definition) is 10. The molecule has 0 saturated carbocycles. The third-order valence-electron chi connectivity index (χ3n) is 6.09. The fraction of sp³-hybridized carbons (Fsp3) is 0.276. The Hall–Kier alpha value is -3.61. The van der Waals surface area contributed by atoms with Gasteiger partial charge in [0.05, 0.1) is 6.20 Å². The van der Waals surface area contributed by atoms with E-state index in [2.05, 4.69) is 14.9 Å². The first-order chi connectivity index (χ1) is 19.7. The van der Waals surface area contributed by atoms with E-state index in [-0.39, 0.29) is 5.70 Å². The van der Waals surface area contributed by atoms with E-state index in [0.29, 0.717) is 11.3 Å². The number of alkyl carbamates (subject to hydrolysis) is 1. The Morgan fingerprint density at radius 1 is 1.10 bits per heavy atom. The molecule has 41 heavy (non-hydrogen) atoms. The monoisotopic (exact) mass is 608 g/mol. The standard InChI is InChI=1S/C29H28N4O5S3/c1-29(2,3)38-28(36)31-22-25(34)33-23(20(17-40-26(22)33)14-15-39-21-16-30-32-41-21)27(35)37-24(18-10-6-4-7-11-18)19-12-8-5-9-13-19/h4-16,22,24,26H,17H2,1-3H3,(H,31,36)/b15-14+/t22-,26-/m1/s1. The van der Waals surface area contributed by atoms with Gasteiger partial charge in [-0.1, -0.05) is 76.9 Å². The van der Waals surface area contributed by atoms with Gasteiger partial charge >= 0.3 is 12.1 Å². The average Bonchev–Trinajstić information content (AvgIpc) is 3.48. The summed E-state index contributed by atoms with van der Waals surface area (Å²) in [7, 11) is 0. The number of amides is 2. The fourth-order valence-electron chi connectivity index (χ4n) is 4.33. The maximum absolute atomic E-state index is 14.0. The second-order valence-electron chi connectivity index (χ2n) is 10.2. The Morgan fingerprint density at radius 2 is 1.76 bits per heavy atom. The quantitative estimate of drug-likeness (QED) is 0.200. The van der Waals surface area contributed by atoms with E-state index < -0.39 is 41.1 Å². The van der Waals surface area contributed by atoms with Gasteiger partial charge in [-0.05, 0) is 60.5 Å². The minimum atomic E-state index is -0.820. The van der Waals surface area contributed by atoms with Crippen molar-refractivity contribution in [3.63, 3.8) is 0 Å². The summed E-state index contributed by atoms with van der Waals surface area (Å²) in [4.78, 5) is 41.2. The number of nitrogens with one attached hydrogen (secondary N) is 1. The van der Waals surface area contributed by atoms with Crippen LogP contribution in [0.3, 0.4) is 0 Å². The Kier molecular flexibility index (Phi) is 8.81. The molecule has 5 rings (SSSR count). The van der Waals surface area contributed by atoms with Gasteiger partial charge in [-0.3, -0.25) is 9.69 Å². The van der Waals surface area contributed by atoms with Crippen molar-refractivity contribution in [1.82, 2.24) is 19.8 Å². The van der Waals surface area contributed by atoms with Crippen LogP contribution in [0, 0.1) is 0 Å².